The van der Waals surface area contributed by atoms with Gasteiger partial charge in [-0.2, -0.15) is 0 Å². The minimum absolute atomic E-state index is 0.329. The number of hydrogen-bond donors (Lipinski definition) is 0. The lowest BCUT2D eigenvalue weighted by molar-refractivity contribution is 0.768. The van der Waals surface area contributed by atoms with E-state index in [1.165, 1.54) is 16.7 Å². The van der Waals surface area contributed by atoms with Crippen LogP contribution in [0.3, 0.4) is 0 Å². The first-order chi connectivity index (χ1) is 12.7. The molecule has 0 saturated heterocycles. The molecule has 3 heteroatoms. The third kappa shape index (κ3) is 5.42. The predicted octanol–water partition coefficient (Wildman–Crippen LogP) is 7.34. The summed E-state index contributed by atoms with van der Waals surface area (Å²) in [7, 11) is 1.90. The number of hydrogen-bond acceptors (Lipinski definition) is 1. The van der Waals surface area contributed by atoms with Gasteiger partial charge in [0.25, 0.3) is 0 Å². The number of para-hydroxylation sites is 1. The predicted molar refractivity (Wildman–Crippen MR) is 123 cm³/mol. The summed E-state index contributed by atoms with van der Waals surface area (Å²) in [4.78, 5) is 5.22. The van der Waals surface area contributed by atoms with E-state index < -0.39 is 0 Å². The smallest absolute Gasteiger partial charge is 0.139 e. The molecule has 0 spiro atoms. The minimum Gasteiger partial charge on any atom is -0.338 e. The van der Waals surface area contributed by atoms with Crippen molar-refractivity contribution < 1.29 is 0 Å². The first-order valence-electron chi connectivity index (χ1n) is 9.99. The summed E-state index contributed by atoms with van der Waals surface area (Å²) in [5, 5.41) is 0. The van der Waals surface area contributed by atoms with Crippen LogP contribution in [0.2, 0.25) is 0 Å². The van der Waals surface area contributed by atoms with E-state index in [9.17, 15) is 0 Å². The van der Waals surface area contributed by atoms with Crippen molar-refractivity contribution in [2.45, 2.75) is 65.7 Å². The van der Waals surface area contributed by atoms with Crippen LogP contribution >= 0.6 is 8.07 Å². The molecule has 0 N–H and O–H groups in total. The fraction of sp³-hybridized carbons (Fsp3) is 0.458. The van der Waals surface area contributed by atoms with Crippen molar-refractivity contribution in [1.29, 1.82) is 0 Å². The van der Waals surface area contributed by atoms with Gasteiger partial charge in [0.2, 0.25) is 0 Å². The molecule has 0 radical (unpaired) electrons. The number of rotatable bonds is 6. The van der Waals surface area contributed by atoms with Gasteiger partial charge in [0.1, 0.15) is 5.84 Å². The van der Waals surface area contributed by atoms with Gasteiger partial charge in [-0.25, -0.2) is 4.99 Å². The zero-order valence-electron chi connectivity index (χ0n) is 18.2. The van der Waals surface area contributed by atoms with Gasteiger partial charge in [-0.15, -0.1) is 0 Å². The van der Waals surface area contributed by atoms with Crippen molar-refractivity contribution in [2.24, 2.45) is 4.99 Å². The van der Waals surface area contributed by atoms with Crippen molar-refractivity contribution >= 4 is 19.6 Å². The Morgan fingerprint density at radius 1 is 0.852 bits per heavy atom. The fourth-order valence-electron chi connectivity index (χ4n) is 3.62. The molecular formula is C24H35N2P. The average molecular weight is 383 g/mol. The summed E-state index contributed by atoms with van der Waals surface area (Å²) in [6.45, 7) is 15.9. The van der Waals surface area contributed by atoms with Crippen LogP contribution < -0.4 is 0 Å². The molecule has 146 valence electrons. The molecule has 0 aliphatic heterocycles. The highest BCUT2D eigenvalue weighted by Crippen LogP contribution is 2.49. The molecule has 0 aliphatic rings. The van der Waals surface area contributed by atoms with Gasteiger partial charge < -0.3 is 4.67 Å². The van der Waals surface area contributed by atoms with E-state index in [1.807, 2.05) is 0 Å². The van der Waals surface area contributed by atoms with Gasteiger partial charge in [-0.3, -0.25) is 0 Å². The average Bonchev–Trinajstić information content (AvgIpc) is 2.60. The Labute approximate surface area is 167 Å². The van der Waals surface area contributed by atoms with Crippen LogP contribution in [0, 0.1) is 6.92 Å². The molecular weight excluding hydrogens is 347 g/mol. The highest BCUT2D eigenvalue weighted by atomic mass is 31.1. The lowest BCUT2D eigenvalue weighted by Gasteiger charge is -2.37. The summed E-state index contributed by atoms with van der Waals surface area (Å²) in [5.41, 5.74) is 6.07. The molecule has 2 aromatic carbocycles. The van der Waals surface area contributed by atoms with Crippen molar-refractivity contribution in [3.63, 3.8) is 0 Å². The van der Waals surface area contributed by atoms with Gasteiger partial charge >= 0.3 is 0 Å². The summed E-state index contributed by atoms with van der Waals surface area (Å²) in [5.74, 6) is 1.53. The number of benzene rings is 2. The van der Waals surface area contributed by atoms with Gasteiger partial charge in [0, 0.05) is 12.6 Å². The van der Waals surface area contributed by atoms with Crippen molar-refractivity contribution in [1.82, 2.24) is 4.67 Å². The molecule has 0 aromatic heterocycles. The summed E-state index contributed by atoms with van der Waals surface area (Å²) < 4.78 is 2.45. The molecule has 0 heterocycles. The van der Waals surface area contributed by atoms with Crippen LogP contribution in [-0.2, 0) is 0 Å². The zero-order chi connectivity index (χ0) is 20.1. The summed E-state index contributed by atoms with van der Waals surface area (Å²) >= 11 is 0. The molecule has 0 bridgehead atoms. The first kappa shape index (κ1) is 21.6. The monoisotopic (exact) mass is 382 g/mol. The van der Waals surface area contributed by atoms with E-state index in [4.69, 9.17) is 4.99 Å². The van der Waals surface area contributed by atoms with Crippen molar-refractivity contribution in [3.8, 4) is 0 Å². The second-order valence-electron chi connectivity index (χ2n) is 8.11. The third-order valence-electron chi connectivity index (χ3n) is 4.81. The minimum atomic E-state index is -0.329. The third-order valence-corrected chi connectivity index (χ3v) is 7.80. The number of amidine groups is 1. The van der Waals surface area contributed by atoms with Gasteiger partial charge in [0.15, 0.2) is 0 Å². The van der Waals surface area contributed by atoms with E-state index >= 15 is 0 Å². The Morgan fingerprint density at radius 3 is 1.93 bits per heavy atom. The van der Waals surface area contributed by atoms with Crippen molar-refractivity contribution in [2.75, 3.05) is 7.05 Å². The molecule has 2 rings (SSSR count). The van der Waals surface area contributed by atoms with Gasteiger partial charge in [0.05, 0.1) is 5.69 Å². The quantitative estimate of drug-likeness (QED) is 0.290. The molecule has 0 saturated carbocycles. The maximum atomic E-state index is 5.22. The van der Waals surface area contributed by atoms with Crippen molar-refractivity contribution in [3.05, 3.63) is 65.2 Å². The SMILES string of the molecule is Cc1ccc(C(=Nc2ccccc2C(C)C)N(C)P(C(C)C)C(C)C)cc1. The van der Waals surface area contributed by atoms with Crippen LogP contribution in [0.15, 0.2) is 53.5 Å². The van der Waals surface area contributed by atoms with E-state index in [2.05, 4.69) is 109 Å². The normalized spacial score (nSPS) is 12.5. The zero-order valence-corrected chi connectivity index (χ0v) is 19.1. The van der Waals surface area contributed by atoms with E-state index in [0.717, 1.165) is 11.5 Å². The molecule has 0 atom stereocenters. The Hall–Kier alpha value is -1.66. The molecule has 27 heavy (non-hydrogen) atoms. The molecule has 2 aromatic rings. The Balaban J connectivity index is 2.62. The van der Waals surface area contributed by atoms with Crippen LogP contribution in [0.5, 0.6) is 0 Å². The Bertz CT molecular complexity index is 752. The van der Waals surface area contributed by atoms with Crippen LogP contribution in [0.1, 0.15) is 64.2 Å². The molecule has 0 aliphatic carbocycles. The van der Waals surface area contributed by atoms with E-state index in [-0.39, 0.29) is 8.07 Å². The standard InChI is InChI=1S/C24H35N2P/c1-17(2)22-11-9-10-12-23(22)25-24(21-15-13-20(7)14-16-21)26(8)27(18(3)4)19(5)6/h9-19H,1-8H3. The fourth-order valence-corrected chi connectivity index (χ4v) is 6.57. The Morgan fingerprint density at radius 2 is 1.41 bits per heavy atom. The topological polar surface area (TPSA) is 15.6 Å². The van der Waals surface area contributed by atoms with Crippen LogP contribution in [0.4, 0.5) is 5.69 Å². The maximum absolute atomic E-state index is 5.22. The Kier molecular flexibility index (Phi) is 7.62. The summed E-state index contributed by atoms with van der Waals surface area (Å²) in [6, 6.07) is 17.3. The highest BCUT2D eigenvalue weighted by molar-refractivity contribution is 7.57. The second kappa shape index (κ2) is 9.51. The lowest BCUT2D eigenvalue weighted by atomic mass is 10.0. The molecule has 0 amide bonds. The number of aliphatic imine (C=N–C) groups is 1. The van der Waals surface area contributed by atoms with E-state index in [0.29, 0.717) is 17.2 Å². The lowest BCUT2D eigenvalue weighted by Crippen LogP contribution is -2.28. The van der Waals surface area contributed by atoms with Crippen LogP contribution in [-0.4, -0.2) is 28.9 Å². The largest absolute Gasteiger partial charge is 0.338 e. The second-order valence-corrected chi connectivity index (χ2v) is 11.5. The molecule has 0 unspecified atom stereocenters. The van der Waals surface area contributed by atoms with Crippen LogP contribution in [0.25, 0.3) is 0 Å². The number of nitrogens with zero attached hydrogens (tertiary/aromatic N) is 2. The van der Waals surface area contributed by atoms with Gasteiger partial charge in [-0.05, 0) is 43.9 Å². The van der Waals surface area contributed by atoms with E-state index in [1.54, 1.807) is 0 Å². The molecule has 0 fully saturated rings. The van der Waals surface area contributed by atoms with Gasteiger partial charge in [-0.1, -0.05) is 89.6 Å². The number of aryl methyl sites for hydroxylation is 1. The maximum Gasteiger partial charge on any atom is 0.139 e. The first-order valence-corrected chi connectivity index (χ1v) is 11.4. The highest BCUT2D eigenvalue weighted by Gasteiger charge is 2.25. The molecule has 2 nitrogen and oxygen atoms in total. The summed E-state index contributed by atoms with van der Waals surface area (Å²) in [6.07, 6.45) is 0.